The zero-order chi connectivity index (χ0) is 11.6. The number of carbonyl (C=O) groups excluding carboxylic acids is 1. The maximum Gasteiger partial charge on any atom is 0.264 e. The standard InChI is InChI=1S/C10H8BrClF2O/c1-5(12)9(15)8-6(10(13)14)3-2-4-7(8)11/h2-5,10H,1H3. The Balaban J connectivity index is 3.31. The Morgan fingerprint density at radius 1 is 1.47 bits per heavy atom. The van der Waals surface area contributed by atoms with Gasteiger partial charge in [-0.1, -0.05) is 28.1 Å². The number of alkyl halides is 3. The summed E-state index contributed by atoms with van der Waals surface area (Å²) >= 11 is 8.67. The molecular weight excluding hydrogens is 289 g/mol. The summed E-state index contributed by atoms with van der Waals surface area (Å²) in [6.07, 6.45) is -2.68. The molecule has 0 N–H and O–H groups in total. The van der Waals surface area contributed by atoms with Gasteiger partial charge in [0.1, 0.15) is 0 Å². The molecule has 1 aromatic carbocycles. The van der Waals surface area contributed by atoms with Crippen molar-refractivity contribution in [3.05, 3.63) is 33.8 Å². The van der Waals surface area contributed by atoms with Gasteiger partial charge in [0.25, 0.3) is 6.43 Å². The van der Waals surface area contributed by atoms with Crippen LogP contribution in [0.5, 0.6) is 0 Å². The van der Waals surface area contributed by atoms with Gasteiger partial charge in [-0.25, -0.2) is 8.78 Å². The van der Waals surface area contributed by atoms with Crippen molar-refractivity contribution >= 4 is 33.3 Å². The second-order valence-electron chi connectivity index (χ2n) is 2.99. The van der Waals surface area contributed by atoms with Crippen molar-refractivity contribution in [2.24, 2.45) is 0 Å². The average Bonchev–Trinajstić information content (AvgIpc) is 2.16. The molecule has 1 atom stereocenters. The van der Waals surface area contributed by atoms with Crippen LogP contribution in [0.1, 0.15) is 29.3 Å². The SMILES string of the molecule is CC(Cl)C(=O)c1c(Br)cccc1C(F)F. The number of hydrogen-bond acceptors (Lipinski definition) is 1. The number of Topliss-reactive ketones (excluding diaryl/α,β-unsaturated/α-hetero) is 1. The minimum Gasteiger partial charge on any atom is -0.292 e. The minimum absolute atomic E-state index is 0.0324. The monoisotopic (exact) mass is 296 g/mol. The van der Waals surface area contributed by atoms with Crippen molar-refractivity contribution in [2.45, 2.75) is 18.7 Å². The van der Waals surface area contributed by atoms with Crippen LogP contribution < -0.4 is 0 Å². The zero-order valence-corrected chi connectivity index (χ0v) is 10.1. The highest BCUT2D eigenvalue weighted by atomic mass is 79.9. The lowest BCUT2D eigenvalue weighted by molar-refractivity contribution is 0.0977. The Labute approximate surface area is 99.6 Å². The summed E-state index contributed by atoms with van der Waals surface area (Å²) in [4.78, 5) is 11.6. The molecule has 1 unspecified atom stereocenters. The third-order valence-corrected chi connectivity index (χ3v) is 2.75. The lowest BCUT2D eigenvalue weighted by Gasteiger charge is -2.10. The van der Waals surface area contributed by atoms with Gasteiger partial charge in [0, 0.05) is 15.6 Å². The third-order valence-electron chi connectivity index (χ3n) is 1.89. The first kappa shape index (κ1) is 12.6. The molecule has 0 aliphatic carbocycles. The van der Waals surface area contributed by atoms with Gasteiger partial charge in [-0.2, -0.15) is 0 Å². The summed E-state index contributed by atoms with van der Waals surface area (Å²) < 4.78 is 25.6. The van der Waals surface area contributed by atoms with Crippen LogP contribution in [0.2, 0.25) is 0 Å². The zero-order valence-electron chi connectivity index (χ0n) is 7.81. The molecule has 0 aromatic heterocycles. The number of ketones is 1. The summed E-state index contributed by atoms with van der Waals surface area (Å²) in [5, 5.41) is -0.818. The highest BCUT2D eigenvalue weighted by molar-refractivity contribution is 9.10. The van der Waals surface area contributed by atoms with E-state index in [0.717, 1.165) is 0 Å². The number of benzene rings is 1. The largest absolute Gasteiger partial charge is 0.292 e. The van der Waals surface area contributed by atoms with E-state index < -0.39 is 17.6 Å². The lowest BCUT2D eigenvalue weighted by Crippen LogP contribution is -2.14. The van der Waals surface area contributed by atoms with Crippen molar-refractivity contribution in [3.63, 3.8) is 0 Å². The molecule has 82 valence electrons. The van der Waals surface area contributed by atoms with Gasteiger partial charge < -0.3 is 0 Å². The Bertz CT molecular complexity index is 380. The summed E-state index contributed by atoms with van der Waals surface area (Å²) in [6.45, 7) is 1.46. The number of carbonyl (C=O) groups is 1. The fourth-order valence-corrected chi connectivity index (χ4v) is 1.87. The van der Waals surface area contributed by atoms with Crippen LogP contribution in [-0.2, 0) is 0 Å². The third kappa shape index (κ3) is 2.75. The first-order valence-electron chi connectivity index (χ1n) is 4.20. The smallest absolute Gasteiger partial charge is 0.264 e. The average molecular weight is 298 g/mol. The molecule has 0 bridgehead atoms. The van der Waals surface area contributed by atoms with Crippen LogP contribution >= 0.6 is 27.5 Å². The van der Waals surface area contributed by atoms with Crippen LogP contribution in [0.3, 0.4) is 0 Å². The molecule has 0 spiro atoms. The molecule has 0 saturated heterocycles. The highest BCUT2D eigenvalue weighted by Crippen LogP contribution is 2.30. The summed E-state index contributed by atoms with van der Waals surface area (Å²) in [5.74, 6) is -0.501. The van der Waals surface area contributed by atoms with E-state index in [1.165, 1.54) is 19.1 Å². The molecule has 0 radical (unpaired) electrons. The Morgan fingerprint density at radius 2 is 2.07 bits per heavy atom. The van der Waals surface area contributed by atoms with E-state index in [1.54, 1.807) is 6.07 Å². The summed E-state index contributed by atoms with van der Waals surface area (Å²) in [7, 11) is 0. The van der Waals surface area contributed by atoms with E-state index in [4.69, 9.17) is 11.6 Å². The molecule has 0 fully saturated rings. The predicted molar refractivity (Wildman–Crippen MR) is 58.7 cm³/mol. The van der Waals surface area contributed by atoms with E-state index in [9.17, 15) is 13.6 Å². The van der Waals surface area contributed by atoms with Crippen LogP contribution in [0, 0.1) is 0 Å². The molecule has 1 aromatic rings. The fraction of sp³-hybridized carbons (Fsp3) is 0.300. The van der Waals surface area contributed by atoms with Crippen molar-refractivity contribution in [3.8, 4) is 0 Å². The molecule has 0 aliphatic heterocycles. The van der Waals surface area contributed by atoms with E-state index in [1.807, 2.05) is 0 Å². The second kappa shape index (κ2) is 5.03. The van der Waals surface area contributed by atoms with Gasteiger partial charge in [-0.05, 0) is 13.0 Å². The molecule has 5 heteroatoms. The van der Waals surface area contributed by atoms with Crippen molar-refractivity contribution in [1.82, 2.24) is 0 Å². The predicted octanol–water partition coefficient (Wildman–Crippen LogP) is 4.20. The van der Waals surface area contributed by atoms with Crippen LogP contribution in [0.15, 0.2) is 22.7 Å². The van der Waals surface area contributed by atoms with Gasteiger partial charge in [-0.3, -0.25) is 4.79 Å². The van der Waals surface area contributed by atoms with Gasteiger partial charge in [0.2, 0.25) is 0 Å². The number of hydrogen-bond donors (Lipinski definition) is 0. The Kier molecular flexibility index (Phi) is 4.22. The molecule has 1 rings (SSSR count). The van der Waals surface area contributed by atoms with E-state index in [2.05, 4.69) is 15.9 Å². The van der Waals surface area contributed by atoms with Crippen LogP contribution in [-0.4, -0.2) is 11.2 Å². The lowest BCUT2D eigenvalue weighted by atomic mass is 10.0. The minimum atomic E-state index is -2.68. The Morgan fingerprint density at radius 3 is 2.53 bits per heavy atom. The van der Waals surface area contributed by atoms with Gasteiger partial charge in [0.15, 0.2) is 5.78 Å². The first-order valence-corrected chi connectivity index (χ1v) is 5.43. The normalized spacial score (nSPS) is 12.9. The molecule has 0 saturated carbocycles. The fourth-order valence-electron chi connectivity index (χ4n) is 1.18. The molecule has 15 heavy (non-hydrogen) atoms. The second-order valence-corrected chi connectivity index (χ2v) is 4.49. The van der Waals surface area contributed by atoms with Crippen LogP contribution in [0.4, 0.5) is 8.78 Å². The van der Waals surface area contributed by atoms with Crippen molar-refractivity contribution in [1.29, 1.82) is 0 Å². The summed E-state index contributed by atoms with van der Waals surface area (Å²) in [6, 6.07) is 4.22. The van der Waals surface area contributed by atoms with Gasteiger partial charge in [-0.15, -0.1) is 11.6 Å². The number of rotatable bonds is 3. The van der Waals surface area contributed by atoms with Crippen molar-refractivity contribution in [2.75, 3.05) is 0 Å². The quantitative estimate of drug-likeness (QED) is 0.604. The topological polar surface area (TPSA) is 17.1 Å². The molecular formula is C10H8BrClF2O. The van der Waals surface area contributed by atoms with Gasteiger partial charge >= 0.3 is 0 Å². The van der Waals surface area contributed by atoms with E-state index >= 15 is 0 Å². The first-order chi connectivity index (χ1) is 6.95. The van der Waals surface area contributed by atoms with Crippen molar-refractivity contribution < 1.29 is 13.6 Å². The van der Waals surface area contributed by atoms with E-state index in [0.29, 0.717) is 4.47 Å². The maximum absolute atomic E-state index is 12.6. The molecule has 0 heterocycles. The molecule has 0 aliphatic rings. The molecule has 1 nitrogen and oxygen atoms in total. The van der Waals surface area contributed by atoms with Gasteiger partial charge in [0.05, 0.1) is 5.38 Å². The maximum atomic E-state index is 12.6. The summed E-state index contributed by atoms with van der Waals surface area (Å²) in [5.41, 5.74) is -0.322. The number of halogens is 4. The molecule has 0 amide bonds. The van der Waals surface area contributed by atoms with Crippen LogP contribution in [0.25, 0.3) is 0 Å². The Hall–Kier alpha value is -0.480. The highest BCUT2D eigenvalue weighted by Gasteiger charge is 2.23. The van der Waals surface area contributed by atoms with E-state index in [-0.39, 0.29) is 11.1 Å².